The van der Waals surface area contributed by atoms with Gasteiger partial charge in [0, 0.05) is 20.0 Å². The molecule has 1 atom stereocenters. The summed E-state index contributed by atoms with van der Waals surface area (Å²) >= 11 is 4.03. The number of aromatic nitrogens is 3. The van der Waals surface area contributed by atoms with E-state index in [2.05, 4.69) is 5.10 Å². The van der Waals surface area contributed by atoms with Crippen LogP contribution < -0.4 is 5.69 Å². The Morgan fingerprint density at radius 2 is 2.11 bits per heavy atom. The molecule has 0 amide bonds. The number of hydrogen-bond donors (Lipinski definition) is 0. The first kappa shape index (κ1) is 20.1. The van der Waals surface area contributed by atoms with E-state index in [1.54, 1.807) is 20.9 Å². The minimum absolute atomic E-state index is 0.114. The van der Waals surface area contributed by atoms with Crippen molar-refractivity contribution in [2.24, 2.45) is 0 Å². The number of benzene rings is 1. The van der Waals surface area contributed by atoms with Crippen molar-refractivity contribution in [1.82, 2.24) is 18.7 Å². The fourth-order valence-corrected chi connectivity index (χ4v) is 4.12. The number of aryl methyl sites for hydroxylation is 1. The highest BCUT2D eigenvalue weighted by Crippen LogP contribution is 2.26. The molecule has 1 aromatic heterocycles. The molecule has 1 aliphatic heterocycles. The van der Waals surface area contributed by atoms with Crippen molar-refractivity contribution >= 4 is 28.1 Å². The highest BCUT2D eigenvalue weighted by molar-refractivity contribution is 8.04. The van der Waals surface area contributed by atoms with Gasteiger partial charge in [0.25, 0.3) is 0 Å². The fourth-order valence-electron chi connectivity index (χ4n) is 2.83. The topological polar surface area (TPSA) is 83.2 Å². The van der Waals surface area contributed by atoms with Gasteiger partial charge in [-0.25, -0.2) is 14.0 Å². The fraction of sp³-hybridized carbons (Fsp3) is 0.471. The third kappa shape index (κ3) is 3.69. The molecule has 2 heterocycles. The quantitative estimate of drug-likeness (QED) is 0.717. The zero-order valence-corrected chi connectivity index (χ0v) is 16.8. The Kier molecular flexibility index (Phi) is 5.76. The van der Waals surface area contributed by atoms with Gasteiger partial charge >= 0.3 is 10.8 Å². The molecule has 146 valence electrons. The monoisotopic (exact) mass is 414 g/mol. The Bertz CT molecular complexity index is 943. The van der Waals surface area contributed by atoms with Crippen molar-refractivity contribution in [3.05, 3.63) is 44.8 Å². The first-order valence-corrected chi connectivity index (χ1v) is 10.1. The van der Waals surface area contributed by atoms with Crippen LogP contribution in [0.3, 0.4) is 0 Å². The lowest BCUT2D eigenvalue weighted by atomic mass is 10.2. The molecule has 1 aromatic carbocycles. The number of carbonyl (C=O) groups is 1. The number of carbonyl (C=O) groups excluding carboxylic acids is 1. The average Bonchev–Trinajstić information content (AvgIpc) is 2.97. The van der Waals surface area contributed by atoms with E-state index in [-0.39, 0.29) is 22.3 Å². The summed E-state index contributed by atoms with van der Waals surface area (Å²) in [5.41, 5.74) is -0.764. The third-order valence-electron chi connectivity index (χ3n) is 4.60. The second-order valence-corrected chi connectivity index (χ2v) is 8.53. The van der Waals surface area contributed by atoms with Crippen molar-refractivity contribution in [2.45, 2.75) is 45.7 Å². The van der Waals surface area contributed by atoms with Crippen molar-refractivity contribution in [3.8, 4) is 5.69 Å². The van der Waals surface area contributed by atoms with Gasteiger partial charge < -0.3 is 4.55 Å². The molecule has 0 N–H and O–H groups in total. The Labute approximate surface area is 164 Å². The predicted octanol–water partition coefficient (Wildman–Crippen LogP) is 2.31. The van der Waals surface area contributed by atoms with Gasteiger partial charge in [0.15, 0.2) is 5.82 Å². The van der Waals surface area contributed by atoms with Crippen LogP contribution in [0.25, 0.3) is 5.69 Å². The van der Waals surface area contributed by atoms with Crippen LogP contribution in [0, 0.1) is 5.82 Å². The van der Waals surface area contributed by atoms with Crippen LogP contribution in [0.5, 0.6) is 0 Å². The molecule has 3 rings (SSSR count). The van der Waals surface area contributed by atoms with Crippen LogP contribution in [0.2, 0.25) is 5.02 Å². The Hall–Kier alpha value is -1.68. The summed E-state index contributed by atoms with van der Waals surface area (Å²) in [6.07, 6.45) is 2.39. The van der Waals surface area contributed by atoms with E-state index >= 15 is 0 Å². The molecular weight excluding hydrogens is 395 g/mol. The molecule has 1 unspecified atom stereocenters. The lowest BCUT2D eigenvalue weighted by molar-refractivity contribution is 0.106. The smallest absolute Gasteiger partial charge is 0.382 e. The SMILES string of the molecule is CC(C)N(C)[S+]([O-])C(=O)c1cc(-n2nc3n(c2=O)CCCC3)c(F)cc1Cl. The van der Waals surface area contributed by atoms with E-state index in [9.17, 15) is 18.5 Å². The van der Waals surface area contributed by atoms with Gasteiger partial charge in [-0.3, -0.25) is 4.57 Å². The Morgan fingerprint density at radius 1 is 1.41 bits per heavy atom. The number of hydrogen-bond acceptors (Lipinski definition) is 5. The molecule has 1 aliphatic rings. The van der Waals surface area contributed by atoms with Gasteiger partial charge in [-0.15, -0.1) is 9.40 Å². The van der Waals surface area contributed by atoms with E-state index in [1.807, 2.05) is 0 Å². The van der Waals surface area contributed by atoms with Crippen LogP contribution in [-0.2, 0) is 24.3 Å². The van der Waals surface area contributed by atoms with Crippen molar-refractivity contribution in [1.29, 1.82) is 0 Å². The molecule has 0 aliphatic carbocycles. The highest BCUT2D eigenvalue weighted by atomic mass is 35.5. The molecule has 0 spiro atoms. The third-order valence-corrected chi connectivity index (χ3v) is 6.40. The van der Waals surface area contributed by atoms with Gasteiger partial charge in [-0.2, -0.15) is 4.68 Å². The molecular formula is C17H20ClFN4O3S. The molecule has 7 nitrogen and oxygen atoms in total. The minimum atomic E-state index is -2.00. The van der Waals surface area contributed by atoms with Crippen molar-refractivity contribution in [2.75, 3.05) is 7.05 Å². The minimum Gasteiger partial charge on any atom is -0.590 e. The lowest BCUT2D eigenvalue weighted by Crippen LogP contribution is -2.38. The second kappa shape index (κ2) is 7.75. The van der Waals surface area contributed by atoms with Gasteiger partial charge in [0.1, 0.15) is 22.9 Å². The van der Waals surface area contributed by atoms with Gasteiger partial charge in [-0.1, -0.05) is 11.6 Å². The van der Waals surface area contributed by atoms with Crippen molar-refractivity contribution in [3.63, 3.8) is 0 Å². The average molecular weight is 415 g/mol. The Balaban J connectivity index is 2.07. The second-order valence-electron chi connectivity index (χ2n) is 6.68. The van der Waals surface area contributed by atoms with Gasteiger partial charge in [0.2, 0.25) is 0 Å². The van der Waals surface area contributed by atoms with Crippen molar-refractivity contribution < 1.29 is 13.7 Å². The molecule has 0 saturated carbocycles. The van der Waals surface area contributed by atoms with E-state index in [4.69, 9.17) is 11.6 Å². The largest absolute Gasteiger partial charge is 0.590 e. The van der Waals surface area contributed by atoms with Crippen LogP contribution in [0.4, 0.5) is 4.39 Å². The summed E-state index contributed by atoms with van der Waals surface area (Å²) < 4.78 is 30.8. The summed E-state index contributed by atoms with van der Waals surface area (Å²) in [5, 5.41) is 3.29. The summed E-state index contributed by atoms with van der Waals surface area (Å²) in [6, 6.07) is 1.95. The normalized spacial score (nSPS) is 15.3. The molecule has 0 bridgehead atoms. The number of fused-ring (bicyclic) bond motifs is 1. The van der Waals surface area contributed by atoms with Crippen LogP contribution in [-0.4, -0.2) is 41.4 Å². The van der Waals surface area contributed by atoms with Gasteiger partial charge in [-0.05, 0) is 38.8 Å². The number of rotatable bonds is 4. The summed E-state index contributed by atoms with van der Waals surface area (Å²) in [6.45, 7) is 4.11. The lowest BCUT2D eigenvalue weighted by Gasteiger charge is -2.21. The zero-order chi connectivity index (χ0) is 19.9. The molecule has 0 fully saturated rings. The zero-order valence-electron chi connectivity index (χ0n) is 15.2. The molecule has 10 heteroatoms. The van der Waals surface area contributed by atoms with E-state index in [0.29, 0.717) is 18.8 Å². The van der Waals surface area contributed by atoms with E-state index < -0.39 is 28.0 Å². The first-order valence-electron chi connectivity index (χ1n) is 8.59. The van der Waals surface area contributed by atoms with Crippen LogP contribution in [0.1, 0.15) is 42.9 Å². The molecule has 0 radical (unpaired) electrons. The molecule has 0 saturated heterocycles. The summed E-state index contributed by atoms with van der Waals surface area (Å²) in [4.78, 5) is 25.2. The van der Waals surface area contributed by atoms with E-state index in [1.165, 1.54) is 8.87 Å². The summed E-state index contributed by atoms with van der Waals surface area (Å²) in [5.74, 6) is -0.200. The maximum absolute atomic E-state index is 14.5. The summed E-state index contributed by atoms with van der Waals surface area (Å²) in [7, 11) is 1.55. The highest BCUT2D eigenvalue weighted by Gasteiger charge is 2.32. The standard InChI is InChI=1S/C17H20ClFN4O3S/c1-10(2)21(3)27(26)16(24)11-8-14(13(19)9-12(11)18)23-17(25)22-7-5-4-6-15(22)20-23/h8-10H,4-7H2,1-3H3. The van der Waals surface area contributed by atoms with Gasteiger partial charge in [0.05, 0.1) is 16.6 Å². The predicted molar refractivity (Wildman–Crippen MR) is 101 cm³/mol. The van der Waals surface area contributed by atoms with Crippen LogP contribution in [0.15, 0.2) is 16.9 Å². The molecule has 2 aromatic rings. The maximum atomic E-state index is 14.5. The Morgan fingerprint density at radius 3 is 2.74 bits per heavy atom. The van der Waals surface area contributed by atoms with Crippen LogP contribution >= 0.6 is 11.6 Å². The molecule has 27 heavy (non-hydrogen) atoms. The van der Waals surface area contributed by atoms with E-state index in [0.717, 1.165) is 29.7 Å². The maximum Gasteiger partial charge on any atom is 0.382 e. The number of halogens is 2. The first-order chi connectivity index (χ1) is 12.7. The number of nitrogens with zero attached hydrogens (tertiary/aromatic N) is 4.